The van der Waals surface area contributed by atoms with Crippen molar-refractivity contribution in [1.82, 2.24) is 0 Å². The van der Waals surface area contributed by atoms with Crippen LogP contribution in [0.1, 0.15) is 34.3 Å². The minimum Gasteiger partial charge on any atom is -0.493 e. The summed E-state index contributed by atoms with van der Waals surface area (Å²) in [5.41, 5.74) is 2.83. The number of carbonyl (C=O) groups is 1. The highest BCUT2D eigenvalue weighted by Crippen LogP contribution is 2.39. The molecule has 0 unspecified atom stereocenters. The van der Waals surface area contributed by atoms with E-state index in [-0.39, 0.29) is 5.78 Å². The van der Waals surface area contributed by atoms with Crippen molar-refractivity contribution in [2.45, 2.75) is 26.2 Å². The highest BCUT2D eigenvalue weighted by Gasteiger charge is 2.25. The van der Waals surface area contributed by atoms with Gasteiger partial charge in [-0.1, -0.05) is 0 Å². The Balaban J connectivity index is 2.69. The zero-order chi connectivity index (χ0) is 11.7. The second-order valence-corrected chi connectivity index (χ2v) is 4.06. The van der Waals surface area contributed by atoms with Crippen LogP contribution in [0.15, 0.2) is 6.07 Å². The van der Waals surface area contributed by atoms with Gasteiger partial charge in [-0.3, -0.25) is 4.79 Å². The lowest BCUT2D eigenvalue weighted by atomic mass is 9.86. The summed E-state index contributed by atoms with van der Waals surface area (Å²) < 4.78 is 10.6. The number of methoxy groups -OCH3 is 2. The van der Waals surface area contributed by atoms with Crippen LogP contribution in [0.4, 0.5) is 0 Å². The van der Waals surface area contributed by atoms with E-state index in [0.29, 0.717) is 12.2 Å². The van der Waals surface area contributed by atoms with Gasteiger partial charge >= 0.3 is 0 Å². The molecule has 0 radical (unpaired) electrons. The topological polar surface area (TPSA) is 35.5 Å². The highest BCUT2D eigenvalue weighted by molar-refractivity contribution is 6.00. The van der Waals surface area contributed by atoms with Crippen molar-refractivity contribution in [2.24, 2.45) is 0 Å². The summed E-state index contributed by atoms with van der Waals surface area (Å²) in [6.07, 6.45) is 2.43. The molecule has 86 valence electrons. The average Bonchev–Trinajstić information content (AvgIpc) is 2.28. The van der Waals surface area contributed by atoms with Gasteiger partial charge in [-0.25, -0.2) is 0 Å². The molecule has 2 rings (SSSR count). The monoisotopic (exact) mass is 220 g/mol. The molecule has 0 bridgehead atoms. The Morgan fingerprint density at radius 2 is 1.94 bits per heavy atom. The molecule has 0 heterocycles. The largest absolute Gasteiger partial charge is 0.493 e. The molecule has 0 amide bonds. The maximum absolute atomic E-state index is 11.9. The first-order valence-corrected chi connectivity index (χ1v) is 5.46. The molecular weight excluding hydrogens is 204 g/mol. The summed E-state index contributed by atoms with van der Waals surface area (Å²) in [7, 11) is 3.24. The van der Waals surface area contributed by atoms with Crippen LogP contribution in [0.5, 0.6) is 11.5 Å². The number of rotatable bonds is 2. The van der Waals surface area contributed by atoms with Gasteiger partial charge in [0.25, 0.3) is 0 Å². The fourth-order valence-electron chi connectivity index (χ4n) is 2.39. The van der Waals surface area contributed by atoms with Crippen molar-refractivity contribution in [3.05, 3.63) is 22.8 Å². The number of fused-ring (bicyclic) bond motifs is 1. The summed E-state index contributed by atoms with van der Waals surface area (Å²) in [6, 6.07) is 1.88. The fraction of sp³-hybridized carbons (Fsp3) is 0.462. The summed E-state index contributed by atoms with van der Waals surface area (Å²) in [5, 5.41) is 0. The quantitative estimate of drug-likeness (QED) is 0.768. The number of ether oxygens (including phenoxy) is 2. The summed E-state index contributed by atoms with van der Waals surface area (Å²) in [4.78, 5) is 11.9. The highest BCUT2D eigenvalue weighted by atomic mass is 16.5. The van der Waals surface area contributed by atoms with E-state index in [4.69, 9.17) is 9.47 Å². The SMILES string of the molecule is COc1cc(C)c2c(c1OC)CCCC2=O. The second kappa shape index (κ2) is 4.16. The number of Topliss-reactive ketones (excluding diaryl/α,β-unsaturated/α-hetero) is 1. The van der Waals surface area contributed by atoms with Gasteiger partial charge in [-0.05, 0) is 31.4 Å². The maximum Gasteiger partial charge on any atom is 0.164 e. The molecular formula is C13H16O3. The van der Waals surface area contributed by atoms with Gasteiger partial charge < -0.3 is 9.47 Å². The predicted molar refractivity (Wildman–Crippen MR) is 61.6 cm³/mol. The standard InChI is InChI=1S/C13H16O3/c1-8-7-11(15-2)13(16-3)9-5-4-6-10(14)12(8)9/h7H,4-6H2,1-3H3. The van der Waals surface area contributed by atoms with Gasteiger partial charge in [0, 0.05) is 17.5 Å². The van der Waals surface area contributed by atoms with Crippen LogP contribution < -0.4 is 9.47 Å². The molecule has 1 aromatic rings. The lowest BCUT2D eigenvalue weighted by Gasteiger charge is -2.21. The zero-order valence-electron chi connectivity index (χ0n) is 9.92. The van der Waals surface area contributed by atoms with Crippen LogP contribution in [0.3, 0.4) is 0 Å². The van der Waals surface area contributed by atoms with Crippen LogP contribution >= 0.6 is 0 Å². The lowest BCUT2D eigenvalue weighted by molar-refractivity contribution is 0.0971. The van der Waals surface area contributed by atoms with Gasteiger partial charge in [-0.2, -0.15) is 0 Å². The van der Waals surface area contributed by atoms with E-state index in [1.807, 2.05) is 13.0 Å². The van der Waals surface area contributed by atoms with Crippen LogP contribution in [-0.4, -0.2) is 20.0 Å². The second-order valence-electron chi connectivity index (χ2n) is 4.06. The fourth-order valence-corrected chi connectivity index (χ4v) is 2.39. The molecule has 3 nitrogen and oxygen atoms in total. The van der Waals surface area contributed by atoms with E-state index >= 15 is 0 Å². The molecule has 0 saturated carbocycles. The van der Waals surface area contributed by atoms with Crippen LogP contribution in [0, 0.1) is 6.92 Å². The molecule has 3 heteroatoms. The number of hydrogen-bond acceptors (Lipinski definition) is 3. The Morgan fingerprint density at radius 1 is 1.19 bits per heavy atom. The molecule has 1 aliphatic rings. The molecule has 0 spiro atoms. The minimum absolute atomic E-state index is 0.222. The third-order valence-electron chi connectivity index (χ3n) is 3.08. The molecule has 1 aromatic carbocycles. The van der Waals surface area contributed by atoms with E-state index in [0.717, 1.165) is 35.3 Å². The molecule has 0 fully saturated rings. The molecule has 0 N–H and O–H groups in total. The van der Waals surface area contributed by atoms with Crippen molar-refractivity contribution in [3.8, 4) is 11.5 Å². The Bertz CT molecular complexity index is 435. The average molecular weight is 220 g/mol. The summed E-state index contributed by atoms with van der Waals surface area (Å²) in [5.74, 6) is 1.66. The number of aryl methyl sites for hydroxylation is 1. The Hall–Kier alpha value is -1.51. The smallest absolute Gasteiger partial charge is 0.164 e. The van der Waals surface area contributed by atoms with E-state index in [9.17, 15) is 4.79 Å². The van der Waals surface area contributed by atoms with E-state index in [2.05, 4.69) is 0 Å². The molecule has 16 heavy (non-hydrogen) atoms. The van der Waals surface area contributed by atoms with Crippen molar-refractivity contribution in [2.75, 3.05) is 14.2 Å². The molecule has 0 atom stereocenters. The first-order chi connectivity index (χ1) is 7.69. The van der Waals surface area contributed by atoms with E-state index in [1.54, 1.807) is 14.2 Å². The van der Waals surface area contributed by atoms with Crippen LogP contribution in [0.2, 0.25) is 0 Å². The van der Waals surface area contributed by atoms with E-state index < -0.39 is 0 Å². The lowest BCUT2D eigenvalue weighted by Crippen LogP contribution is -2.14. The first kappa shape index (κ1) is 11.0. The van der Waals surface area contributed by atoms with Gasteiger partial charge in [0.05, 0.1) is 14.2 Å². The number of carbonyl (C=O) groups excluding carboxylic acids is 1. The van der Waals surface area contributed by atoms with Crippen molar-refractivity contribution in [3.63, 3.8) is 0 Å². The summed E-state index contributed by atoms with van der Waals surface area (Å²) >= 11 is 0. The van der Waals surface area contributed by atoms with Crippen LogP contribution in [-0.2, 0) is 6.42 Å². The number of benzene rings is 1. The molecule has 1 aliphatic carbocycles. The summed E-state index contributed by atoms with van der Waals surface area (Å²) in [6.45, 7) is 1.95. The normalized spacial score (nSPS) is 14.6. The maximum atomic E-state index is 11.9. The van der Waals surface area contributed by atoms with Gasteiger partial charge in [0.15, 0.2) is 17.3 Å². The molecule has 0 saturated heterocycles. The van der Waals surface area contributed by atoms with Gasteiger partial charge in [-0.15, -0.1) is 0 Å². The Morgan fingerprint density at radius 3 is 2.56 bits per heavy atom. The van der Waals surface area contributed by atoms with Crippen molar-refractivity contribution in [1.29, 1.82) is 0 Å². The number of ketones is 1. The third kappa shape index (κ3) is 1.56. The van der Waals surface area contributed by atoms with Crippen molar-refractivity contribution >= 4 is 5.78 Å². The van der Waals surface area contributed by atoms with Crippen LogP contribution in [0.25, 0.3) is 0 Å². The molecule has 0 aromatic heterocycles. The van der Waals surface area contributed by atoms with Gasteiger partial charge in [0.2, 0.25) is 0 Å². The van der Waals surface area contributed by atoms with Gasteiger partial charge in [0.1, 0.15) is 0 Å². The Kier molecular flexibility index (Phi) is 2.86. The zero-order valence-corrected chi connectivity index (χ0v) is 9.92. The Labute approximate surface area is 95.4 Å². The predicted octanol–water partition coefficient (Wildman–Crippen LogP) is 2.53. The molecule has 0 aliphatic heterocycles. The van der Waals surface area contributed by atoms with Crippen molar-refractivity contribution < 1.29 is 14.3 Å². The number of hydrogen-bond donors (Lipinski definition) is 0. The first-order valence-electron chi connectivity index (χ1n) is 5.46. The third-order valence-corrected chi connectivity index (χ3v) is 3.08. The minimum atomic E-state index is 0.222. The van der Waals surface area contributed by atoms with E-state index in [1.165, 1.54) is 0 Å².